The second-order valence-electron chi connectivity index (χ2n) is 4.63. The Hall–Kier alpha value is -2.20. The summed E-state index contributed by atoms with van der Waals surface area (Å²) in [4.78, 5) is 0. The number of rotatable bonds is 3. The van der Waals surface area contributed by atoms with Gasteiger partial charge in [0, 0.05) is 6.54 Å². The van der Waals surface area contributed by atoms with E-state index in [0.29, 0.717) is 19.8 Å². The molecule has 0 saturated carbocycles. The van der Waals surface area contributed by atoms with Crippen LogP contribution in [0.15, 0.2) is 36.4 Å². The van der Waals surface area contributed by atoms with Crippen molar-refractivity contribution in [1.29, 1.82) is 0 Å². The maximum absolute atomic E-state index is 5.73. The largest absolute Gasteiger partial charge is 0.497 e. The minimum absolute atomic E-state index is 0.481. The number of nitrogens with two attached hydrogens (primary N) is 1. The van der Waals surface area contributed by atoms with Crippen LogP contribution in [0.5, 0.6) is 17.2 Å². The van der Waals surface area contributed by atoms with Crippen LogP contribution in [-0.4, -0.2) is 20.3 Å². The lowest BCUT2D eigenvalue weighted by Gasteiger charge is -2.19. The number of benzene rings is 2. The van der Waals surface area contributed by atoms with Crippen molar-refractivity contribution in [3.63, 3.8) is 0 Å². The van der Waals surface area contributed by atoms with Crippen molar-refractivity contribution in [3.05, 3.63) is 42.0 Å². The molecule has 0 fully saturated rings. The third kappa shape index (κ3) is 2.42. The van der Waals surface area contributed by atoms with E-state index in [0.717, 1.165) is 33.9 Å². The highest BCUT2D eigenvalue weighted by Crippen LogP contribution is 2.35. The van der Waals surface area contributed by atoms with E-state index in [-0.39, 0.29) is 0 Å². The Kier molecular flexibility index (Phi) is 3.48. The van der Waals surface area contributed by atoms with Crippen LogP contribution in [0.1, 0.15) is 5.56 Å². The molecule has 1 heterocycles. The maximum atomic E-state index is 5.73. The highest BCUT2D eigenvalue weighted by Gasteiger charge is 2.13. The van der Waals surface area contributed by atoms with Crippen molar-refractivity contribution in [2.45, 2.75) is 6.54 Å². The van der Waals surface area contributed by atoms with Crippen molar-refractivity contribution in [3.8, 4) is 28.4 Å². The molecule has 20 heavy (non-hydrogen) atoms. The Balaban J connectivity index is 2.03. The summed E-state index contributed by atoms with van der Waals surface area (Å²) in [6.07, 6.45) is 0. The molecule has 1 aliphatic heterocycles. The minimum atomic E-state index is 0.481. The summed E-state index contributed by atoms with van der Waals surface area (Å²) >= 11 is 0. The van der Waals surface area contributed by atoms with Crippen LogP contribution in [0.3, 0.4) is 0 Å². The highest BCUT2D eigenvalue weighted by atomic mass is 16.6. The minimum Gasteiger partial charge on any atom is -0.497 e. The van der Waals surface area contributed by atoms with Crippen molar-refractivity contribution in [2.24, 2.45) is 5.73 Å². The Labute approximate surface area is 118 Å². The summed E-state index contributed by atoms with van der Waals surface area (Å²) in [6, 6.07) is 11.9. The van der Waals surface area contributed by atoms with Gasteiger partial charge in [0.05, 0.1) is 7.11 Å². The predicted molar refractivity (Wildman–Crippen MR) is 77.3 cm³/mol. The molecule has 0 aliphatic carbocycles. The van der Waals surface area contributed by atoms with Crippen LogP contribution >= 0.6 is 0 Å². The first kappa shape index (κ1) is 12.8. The molecule has 0 unspecified atom stereocenters. The molecule has 3 rings (SSSR count). The molecule has 2 aromatic carbocycles. The van der Waals surface area contributed by atoms with Crippen molar-refractivity contribution < 1.29 is 14.2 Å². The summed E-state index contributed by atoms with van der Waals surface area (Å²) in [7, 11) is 1.66. The first-order chi connectivity index (χ1) is 9.80. The van der Waals surface area contributed by atoms with Crippen molar-refractivity contribution in [1.82, 2.24) is 0 Å². The SMILES string of the molecule is COc1cc(CN)cc(-c2ccc3c(c2)OCCO3)c1. The molecular weight excluding hydrogens is 254 g/mol. The van der Waals surface area contributed by atoms with Crippen LogP contribution < -0.4 is 19.9 Å². The first-order valence-electron chi connectivity index (χ1n) is 6.58. The fourth-order valence-corrected chi connectivity index (χ4v) is 2.29. The average molecular weight is 271 g/mol. The number of ether oxygens (including phenoxy) is 3. The summed E-state index contributed by atoms with van der Waals surface area (Å²) in [5.41, 5.74) is 8.88. The fraction of sp³-hybridized carbons (Fsp3) is 0.250. The second-order valence-corrected chi connectivity index (χ2v) is 4.63. The molecule has 0 amide bonds. The predicted octanol–water partition coefficient (Wildman–Crippen LogP) is 2.59. The van der Waals surface area contributed by atoms with Gasteiger partial charge in [0.25, 0.3) is 0 Å². The Morgan fingerprint density at radius 1 is 1.00 bits per heavy atom. The third-order valence-corrected chi connectivity index (χ3v) is 3.31. The van der Waals surface area contributed by atoms with Gasteiger partial charge in [0.2, 0.25) is 0 Å². The zero-order chi connectivity index (χ0) is 13.9. The van der Waals surface area contributed by atoms with Gasteiger partial charge in [0.1, 0.15) is 19.0 Å². The van der Waals surface area contributed by atoms with E-state index in [1.807, 2.05) is 30.3 Å². The normalized spacial score (nSPS) is 13.1. The van der Waals surface area contributed by atoms with E-state index in [4.69, 9.17) is 19.9 Å². The van der Waals surface area contributed by atoms with Gasteiger partial charge in [-0.1, -0.05) is 6.07 Å². The van der Waals surface area contributed by atoms with Crippen LogP contribution in [0.4, 0.5) is 0 Å². The summed E-state index contributed by atoms with van der Waals surface area (Å²) in [5.74, 6) is 2.38. The number of hydrogen-bond acceptors (Lipinski definition) is 4. The Morgan fingerprint density at radius 3 is 2.55 bits per heavy atom. The molecular formula is C16H17NO3. The van der Waals surface area contributed by atoms with Crippen molar-refractivity contribution >= 4 is 0 Å². The number of methoxy groups -OCH3 is 1. The lowest BCUT2D eigenvalue weighted by Crippen LogP contribution is -2.15. The molecule has 4 nitrogen and oxygen atoms in total. The topological polar surface area (TPSA) is 53.7 Å². The molecule has 0 spiro atoms. The zero-order valence-corrected chi connectivity index (χ0v) is 11.4. The van der Waals surface area contributed by atoms with Gasteiger partial charge in [-0.25, -0.2) is 0 Å². The lowest BCUT2D eigenvalue weighted by atomic mass is 10.0. The number of fused-ring (bicyclic) bond motifs is 1. The van der Waals surface area contributed by atoms with Gasteiger partial charge >= 0.3 is 0 Å². The molecule has 104 valence electrons. The van der Waals surface area contributed by atoms with E-state index in [1.165, 1.54) is 0 Å². The first-order valence-corrected chi connectivity index (χ1v) is 6.58. The quantitative estimate of drug-likeness (QED) is 0.932. The zero-order valence-electron chi connectivity index (χ0n) is 11.4. The molecule has 0 aromatic heterocycles. The smallest absolute Gasteiger partial charge is 0.161 e. The van der Waals surface area contributed by atoms with E-state index in [2.05, 4.69) is 6.07 Å². The van der Waals surface area contributed by atoms with E-state index < -0.39 is 0 Å². The van der Waals surface area contributed by atoms with Gasteiger partial charge < -0.3 is 19.9 Å². The second kappa shape index (κ2) is 5.43. The molecule has 0 radical (unpaired) electrons. The summed E-state index contributed by atoms with van der Waals surface area (Å²) in [6.45, 7) is 1.67. The molecule has 0 atom stereocenters. The van der Waals surface area contributed by atoms with Gasteiger partial charge in [-0.05, 0) is 47.0 Å². The monoisotopic (exact) mass is 271 g/mol. The van der Waals surface area contributed by atoms with E-state index >= 15 is 0 Å². The molecule has 0 saturated heterocycles. The molecule has 4 heteroatoms. The molecule has 2 aromatic rings. The van der Waals surface area contributed by atoms with Crippen LogP contribution in [0.25, 0.3) is 11.1 Å². The number of hydrogen-bond donors (Lipinski definition) is 1. The standard InChI is InChI=1S/C16H17NO3/c1-18-14-7-11(10-17)6-13(8-14)12-2-3-15-16(9-12)20-5-4-19-15/h2-3,6-9H,4-5,10,17H2,1H3. The molecule has 2 N–H and O–H groups in total. The Morgan fingerprint density at radius 2 is 1.80 bits per heavy atom. The van der Waals surface area contributed by atoms with E-state index in [9.17, 15) is 0 Å². The molecule has 1 aliphatic rings. The van der Waals surface area contributed by atoms with Gasteiger partial charge in [0.15, 0.2) is 11.5 Å². The lowest BCUT2D eigenvalue weighted by molar-refractivity contribution is 0.171. The van der Waals surface area contributed by atoms with Crippen LogP contribution in [0.2, 0.25) is 0 Å². The Bertz CT molecular complexity index is 603. The summed E-state index contributed by atoms with van der Waals surface area (Å²) < 4.78 is 16.5. The van der Waals surface area contributed by atoms with E-state index in [1.54, 1.807) is 7.11 Å². The third-order valence-electron chi connectivity index (χ3n) is 3.31. The van der Waals surface area contributed by atoms with Gasteiger partial charge in [-0.3, -0.25) is 0 Å². The summed E-state index contributed by atoms with van der Waals surface area (Å²) in [5, 5.41) is 0. The molecule has 0 bridgehead atoms. The van der Waals surface area contributed by atoms with Gasteiger partial charge in [-0.15, -0.1) is 0 Å². The maximum Gasteiger partial charge on any atom is 0.161 e. The van der Waals surface area contributed by atoms with Crippen LogP contribution in [0, 0.1) is 0 Å². The fourth-order valence-electron chi connectivity index (χ4n) is 2.29. The average Bonchev–Trinajstić information content (AvgIpc) is 2.53. The van der Waals surface area contributed by atoms with Crippen LogP contribution in [-0.2, 0) is 6.54 Å². The van der Waals surface area contributed by atoms with Gasteiger partial charge in [-0.2, -0.15) is 0 Å². The van der Waals surface area contributed by atoms with Crippen molar-refractivity contribution in [2.75, 3.05) is 20.3 Å². The highest BCUT2D eigenvalue weighted by molar-refractivity contribution is 5.69.